The van der Waals surface area contributed by atoms with Crippen molar-refractivity contribution < 1.29 is 36.3 Å². The Morgan fingerprint density at radius 2 is 1.81 bits per heavy atom. The van der Waals surface area contributed by atoms with Gasteiger partial charge in [0.05, 0.1) is 39.4 Å². The zero-order valence-corrected chi connectivity index (χ0v) is 24.7. The number of aryl methyl sites for hydroxylation is 2. The van der Waals surface area contributed by atoms with E-state index in [1.54, 1.807) is 30.3 Å². The number of amides is 1. The van der Waals surface area contributed by atoms with Crippen molar-refractivity contribution in [2.45, 2.75) is 61.6 Å². The lowest BCUT2D eigenvalue weighted by Gasteiger charge is -2.40. The van der Waals surface area contributed by atoms with E-state index < -0.39 is 63.2 Å². The van der Waals surface area contributed by atoms with Crippen LogP contribution in [-0.4, -0.2) is 53.7 Å². The number of sulfonamides is 1. The predicted molar refractivity (Wildman–Crippen MR) is 152 cm³/mol. The molecule has 1 amide bonds. The van der Waals surface area contributed by atoms with Crippen molar-refractivity contribution in [3.63, 3.8) is 0 Å². The van der Waals surface area contributed by atoms with E-state index in [0.29, 0.717) is 36.0 Å². The molecule has 2 N–H and O–H groups in total. The average Bonchev–Trinajstić information content (AvgIpc) is 3.37. The van der Waals surface area contributed by atoms with Gasteiger partial charge in [-0.3, -0.25) is 13.9 Å². The predicted octanol–water partition coefficient (Wildman–Crippen LogP) is 4.75. The number of aliphatic carboxylic acids is 1. The molecule has 0 aliphatic heterocycles. The second kappa shape index (κ2) is 9.96. The molecule has 6 atom stereocenters. The van der Waals surface area contributed by atoms with Crippen LogP contribution in [0.4, 0.5) is 18.9 Å². The van der Waals surface area contributed by atoms with Gasteiger partial charge in [0.25, 0.3) is 10.0 Å². The molecule has 0 bridgehead atoms. The molecule has 1 aromatic heterocycles. The molecule has 3 unspecified atom stereocenters. The third kappa shape index (κ3) is 4.85. The van der Waals surface area contributed by atoms with Gasteiger partial charge < -0.3 is 15.0 Å². The van der Waals surface area contributed by atoms with E-state index in [0.717, 1.165) is 15.6 Å². The topological polar surface area (TPSA) is 122 Å². The number of fused-ring (bicyclic) bond motifs is 2. The monoisotopic (exact) mass is 618 g/mol. The van der Waals surface area contributed by atoms with Crippen LogP contribution in [-0.2, 0) is 26.7 Å². The quantitative estimate of drug-likeness (QED) is 0.394. The zero-order valence-electron chi connectivity index (χ0n) is 23.9. The van der Waals surface area contributed by atoms with Gasteiger partial charge in [0.15, 0.2) is 0 Å². The highest BCUT2D eigenvalue weighted by Crippen LogP contribution is 2.67. The van der Waals surface area contributed by atoms with E-state index >= 15 is 0 Å². The molecule has 9 nitrogen and oxygen atoms in total. The molecule has 0 spiro atoms. The van der Waals surface area contributed by atoms with E-state index in [9.17, 15) is 36.3 Å². The lowest BCUT2D eigenvalue weighted by atomic mass is 9.68. The van der Waals surface area contributed by atoms with Crippen LogP contribution < -0.4 is 9.62 Å². The zero-order chi connectivity index (χ0) is 31.1. The minimum absolute atomic E-state index is 0.0853. The van der Waals surface area contributed by atoms with Crippen LogP contribution in [0.2, 0.25) is 0 Å². The number of hydrogen-bond acceptors (Lipinski definition) is 5. The molecule has 230 valence electrons. The first kappa shape index (κ1) is 29.5. The van der Waals surface area contributed by atoms with Gasteiger partial charge in [-0.25, -0.2) is 13.4 Å². The molecule has 13 heteroatoms. The number of carbonyl (C=O) groups excluding carboxylic acids is 1. The number of carboxylic acids is 1. The van der Waals surface area contributed by atoms with Crippen LogP contribution >= 0.6 is 0 Å². The number of hydrogen-bond donors (Lipinski definition) is 2. The Balaban J connectivity index is 1.18. The maximum absolute atomic E-state index is 13.4. The van der Waals surface area contributed by atoms with Crippen molar-refractivity contribution >= 4 is 38.6 Å². The minimum Gasteiger partial charge on any atom is -0.481 e. The Hall–Kier alpha value is -3.61. The highest BCUT2D eigenvalue weighted by molar-refractivity contribution is 7.92. The molecule has 3 aliphatic carbocycles. The molecule has 3 aliphatic rings. The van der Waals surface area contributed by atoms with Crippen molar-refractivity contribution in [3.8, 4) is 0 Å². The lowest BCUT2D eigenvalue weighted by Crippen LogP contribution is -2.54. The van der Waals surface area contributed by atoms with Gasteiger partial charge >= 0.3 is 12.1 Å². The second-order valence-corrected chi connectivity index (χ2v) is 14.2. The Kier molecular flexibility index (Phi) is 6.83. The largest absolute Gasteiger partial charge is 0.481 e. The van der Waals surface area contributed by atoms with Gasteiger partial charge in [0.2, 0.25) is 5.91 Å². The number of nitrogens with zero attached hydrogens (tertiary/aromatic N) is 3. The van der Waals surface area contributed by atoms with Gasteiger partial charge in [-0.05, 0) is 80.3 Å². The standard InChI is InChI=1S/C30H33F3N4O5S/c1-16-34-24-13-19(11-12-25(24)36(16)2)43(41,42)37(3)18-9-7-17(8-10-18)20-5-4-6-21(26(20)28(39)40)27(38)35-29-14-22(29)23(15-29)30(31,32)33/h7-13,20-23,26H,4-6,14-15H2,1-3H3,(H,35,38)(H,39,40)/t20-,21-,22?,23?,26-,29?/m1/s1. The van der Waals surface area contributed by atoms with Crippen molar-refractivity contribution in [1.82, 2.24) is 14.9 Å². The number of halogens is 3. The number of anilines is 1. The van der Waals surface area contributed by atoms with Gasteiger partial charge in [-0.15, -0.1) is 0 Å². The summed E-state index contributed by atoms with van der Waals surface area (Å²) in [6.07, 6.45) is -2.75. The fraction of sp³-hybridized carbons (Fsp3) is 0.500. The van der Waals surface area contributed by atoms with E-state index in [4.69, 9.17) is 0 Å². The molecule has 1 heterocycles. The molecular weight excluding hydrogens is 585 g/mol. The van der Waals surface area contributed by atoms with E-state index in [1.807, 2.05) is 18.5 Å². The summed E-state index contributed by atoms with van der Waals surface area (Å²) in [6, 6.07) is 11.4. The van der Waals surface area contributed by atoms with Crippen LogP contribution in [0, 0.1) is 30.6 Å². The molecular formula is C30H33F3N4O5S. The fourth-order valence-corrected chi connectivity index (χ4v) is 8.46. The van der Waals surface area contributed by atoms with Crippen LogP contribution in [0.3, 0.4) is 0 Å². The molecule has 2 aromatic carbocycles. The number of rotatable bonds is 7. The molecule has 3 aromatic rings. The lowest BCUT2D eigenvalue weighted by molar-refractivity contribution is -0.202. The van der Waals surface area contributed by atoms with Crippen molar-refractivity contribution in [2.75, 3.05) is 11.4 Å². The number of alkyl halides is 3. The van der Waals surface area contributed by atoms with Crippen LogP contribution in [0.5, 0.6) is 0 Å². The molecule has 3 fully saturated rings. The molecule has 43 heavy (non-hydrogen) atoms. The summed E-state index contributed by atoms with van der Waals surface area (Å²) in [6.45, 7) is 1.83. The summed E-state index contributed by atoms with van der Waals surface area (Å²) >= 11 is 0. The maximum Gasteiger partial charge on any atom is 0.392 e. The van der Waals surface area contributed by atoms with Gasteiger partial charge in [-0.1, -0.05) is 18.6 Å². The number of nitrogens with one attached hydrogen (secondary N) is 1. The molecule has 3 saturated carbocycles. The van der Waals surface area contributed by atoms with Gasteiger partial charge in [0, 0.05) is 19.6 Å². The summed E-state index contributed by atoms with van der Waals surface area (Å²) in [5, 5.41) is 13.0. The number of aromatic nitrogens is 2. The number of carbonyl (C=O) groups is 2. The Morgan fingerprint density at radius 1 is 1.12 bits per heavy atom. The highest BCUT2D eigenvalue weighted by Gasteiger charge is 2.74. The average molecular weight is 619 g/mol. The van der Waals surface area contributed by atoms with Crippen LogP contribution in [0.25, 0.3) is 11.0 Å². The summed E-state index contributed by atoms with van der Waals surface area (Å²) in [7, 11) is -0.635. The third-order valence-corrected chi connectivity index (χ3v) is 11.7. The first-order valence-corrected chi connectivity index (χ1v) is 15.7. The Morgan fingerprint density at radius 3 is 2.44 bits per heavy atom. The third-order valence-electron chi connectivity index (χ3n) is 9.93. The minimum atomic E-state index is -4.29. The second-order valence-electron chi connectivity index (χ2n) is 12.2. The summed E-state index contributed by atoms with van der Waals surface area (Å²) < 4.78 is 69.3. The molecule has 0 radical (unpaired) electrons. The molecule has 6 rings (SSSR count). The summed E-state index contributed by atoms with van der Waals surface area (Å²) in [5.74, 6) is -5.36. The van der Waals surface area contributed by atoms with Crippen molar-refractivity contribution in [2.24, 2.45) is 30.7 Å². The first-order valence-electron chi connectivity index (χ1n) is 14.3. The van der Waals surface area contributed by atoms with Gasteiger partial charge in [0.1, 0.15) is 5.82 Å². The van der Waals surface area contributed by atoms with Crippen LogP contribution in [0.1, 0.15) is 49.4 Å². The van der Waals surface area contributed by atoms with E-state index in [-0.39, 0.29) is 17.7 Å². The highest BCUT2D eigenvalue weighted by atomic mass is 32.2. The first-order chi connectivity index (χ1) is 20.1. The van der Waals surface area contributed by atoms with Gasteiger partial charge in [-0.2, -0.15) is 13.2 Å². The smallest absolute Gasteiger partial charge is 0.392 e. The Labute approximate surface area is 247 Å². The SMILES string of the molecule is Cc1nc2cc(S(=O)(=O)N(C)c3ccc([C@H]4CCC[C@@H](C(=O)NC56CC(C(F)(F)F)C5C6)[C@@H]4C(=O)O)cc3)ccc2n1C. The fourth-order valence-electron chi connectivity index (χ4n) is 7.24. The molecule has 0 saturated heterocycles. The summed E-state index contributed by atoms with van der Waals surface area (Å²) in [5.41, 5.74) is 1.56. The number of carboxylic acid groups (broad SMARTS) is 1. The Bertz CT molecular complexity index is 1720. The summed E-state index contributed by atoms with van der Waals surface area (Å²) in [4.78, 5) is 30.2. The normalized spacial score (nSPS) is 28.6. The number of benzene rings is 2. The van der Waals surface area contributed by atoms with Crippen LogP contribution in [0.15, 0.2) is 47.4 Å². The van der Waals surface area contributed by atoms with Crippen molar-refractivity contribution in [3.05, 3.63) is 53.9 Å². The van der Waals surface area contributed by atoms with E-state index in [1.165, 1.54) is 19.2 Å². The maximum atomic E-state index is 13.4. The van der Waals surface area contributed by atoms with Crippen molar-refractivity contribution in [1.29, 1.82) is 0 Å². The number of imidazole rings is 1. The van der Waals surface area contributed by atoms with E-state index in [2.05, 4.69) is 10.3 Å².